The minimum Gasteiger partial charge on any atom is -0.299 e. The van der Waals surface area contributed by atoms with E-state index < -0.39 is 0 Å². The summed E-state index contributed by atoms with van der Waals surface area (Å²) in [6.07, 6.45) is 7.00. The lowest BCUT2D eigenvalue weighted by Gasteiger charge is -2.23. The van der Waals surface area contributed by atoms with E-state index in [0.29, 0.717) is 11.7 Å². The maximum Gasteiger partial charge on any atom is 0.136 e. The average Bonchev–Trinajstić information content (AvgIpc) is 1.95. The third-order valence-electron chi connectivity index (χ3n) is 2.35. The molecule has 0 N–H and O–H groups in total. The summed E-state index contributed by atoms with van der Waals surface area (Å²) in [6, 6.07) is 0. The monoisotopic (exact) mass is 140 g/mol. The minimum atomic E-state index is 0.464. The maximum absolute atomic E-state index is 10.8. The molecule has 0 aromatic carbocycles. The molecular weight excluding hydrogens is 124 g/mol. The van der Waals surface area contributed by atoms with E-state index in [1.54, 1.807) is 0 Å². The van der Waals surface area contributed by atoms with Gasteiger partial charge in [0.05, 0.1) is 0 Å². The fourth-order valence-electron chi connectivity index (χ4n) is 1.41. The molecule has 1 atom stereocenters. The van der Waals surface area contributed by atoms with E-state index >= 15 is 0 Å². The van der Waals surface area contributed by atoms with Gasteiger partial charge in [0.2, 0.25) is 0 Å². The molecule has 10 heavy (non-hydrogen) atoms. The topological polar surface area (TPSA) is 17.1 Å². The molecule has 1 unspecified atom stereocenters. The number of ketones is 1. The molecule has 1 rings (SSSR count). The summed E-state index contributed by atoms with van der Waals surface area (Å²) in [4.78, 5) is 10.8. The van der Waals surface area contributed by atoms with Crippen LogP contribution in [0.15, 0.2) is 0 Å². The van der Waals surface area contributed by atoms with Crippen LogP contribution in [-0.2, 0) is 4.79 Å². The standard InChI is InChI=1S/C9H16O/c1-2-3-4-5-8-6-7-9(8)10/h8H,2-7H2,1H3. The number of carbonyl (C=O) groups is 1. The van der Waals surface area contributed by atoms with Gasteiger partial charge in [0.1, 0.15) is 5.78 Å². The zero-order valence-electron chi connectivity index (χ0n) is 6.73. The molecule has 1 aliphatic rings. The van der Waals surface area contributed by atoms with Crippen LogP contribution in [-0.4, -0.2) is 5.78 Å². The van der Waals surface area contributed by atoms with Gasteiger partial charge in [0, 0.05) is 12.3 Å². The van der Waals surface area contributed by atoms with Crippen molar-refractivity contribution in [3.8, 4) is 0 Å². The molecule has 0 bridgehead atoms. The Hall–Kier alpha value is -0.330. The van der Waals surface area contributed by atoms with E-state index in [0.717, 1.165) is 12.8 Å². The van der Waals surface area contributed by atoms with Gasteiger partial charge in [-0.15, -0.1) is 0 Å². The van der Waals surface area contributed by atoms with Crippen LogP contribution in [0.4, 0.5) is 0 Å². The Bertz CT molecular complexity index is 118. The Kier molecular flexibility index (Phi) is 2.91. The van der Waals surface area contributed by atoms with Crippen LogP contribution in [0.25, 0.3) is 0 Å². The van der Waals surface area contributed by atoms with Crippen molar-refractivity contribution in [1.29, 1.82) is 0 Å². The van der Waals surface area contributed by atoms with Crippen molar-refractivity contribution in [1.82, 2.24) is 0 Å². The van der Waals surface area contributed by atoms with Gasteiger partial charge in [-0.1, -0.05) is 26.2 Å². The first-order valence-corrected chi connectivity index (χ1v) is 4.37. The molecule has 0 amide bonds. The predicted octanol–water partition coefficient (Wildman–Crippen LogP) is 2.55. The number of hydrogen-bond donors (Lipinski definition) is 0. The molecule has 0 saturated heterocycles. The summed E-state index contributed by atoms with van der Waals surface area (Å²) in [5, 5.41) is 0. The third-order valence-corrected chi connectivity index (χ3v) is 2.35. The summed E-state index contributed by atoms with van der Waals surface area (Å²) in [5.74, 6) is 0.975. The van der Waals surface area contributed by atoms with Gasteiger partial charge in [0.25, 0.3) is 0 Å². The van der Waals surface area contributed by atoms with E-state index in [9.17, 15) is 4.79 Å². The molecule has 1 fully saturated rings. The summed E-state index contributed by atoms with van der Waals surface area (Å²) in [7, 11) is 0. The second-order valence-electron chi connectivity index (χ2n) is 3.20. The second kappa shape index (κ2) is 3.75. The van der Waals surface area contributed by atoms with Crippen LogP contribution < -0.4 is 0 Å². The van der Waals surface area contributed by atoms with Gasteiger partial charge >= 0.3 is 0 Å². The minimum absolute atomic E-state index is 0.464. The normalized spacial score (nSPS) is 24.5. The number of Topliss-reactive ketones (excluding diaryl/α,β-unsaturated/α-hetero) is 1. The predicted molar refractivity (Wildman–Crippen MR) is 41.9 cm³/mol. The van der Waals surface area contributed by atoms with Crippen LogP contribution in [0.2, 0.25) is 0 Å². The summed E-state index contributed by atoms with van der Waals surface area (Å²) in [5.41, 5.74) is 0. The van der Waals surface area contributed by atoms with Gasteiger partial charge in [-0.05, 0) is 12.8 Å². The fourth-order valence-corrected chi connectivity index (χ4v) is 1.41. The highest BCUT2D eigenvalue weighted by molar-refractivity contribution is 5.86. The van der Waals surface area contributed by atoms with Crippen molar-refractivity contribution in [2.24, 2.45) is 5.92 Å². The zero-order valence-corrected chi connectivity index (χ0v) is 6.73. The van der Waals surface area contributed by atoms with Gasteiger partial charge in [-0.2, -0.15) is 0 Å². The smallest absolute Gasteiger partial charge is 0.136 e. The fraction of sp³-hybridized carbons (Fsp3) is 0.889. The quantitative estimate of drug-likeness (QED) is 0.548. The van der Waals surface area contributed by atoms with Gasteiger partial charge in [-0.3, -0.25) is 4.79 Å². The van der Waals surface area contributed by atoms with E-state index in [-0.39, 0.29) is 0 Å². The number of unbranched alkanes of at least 4 members (excludes halogenated alkanes) is 2. The molecule has 0 heterocycles. The van der Waals surface area contributed by atoms with Crippen molar-refractivity contribution in [3.05, 3.63) is 0 Å². The van der Waals surface area contributed by atoms with E-state index in [1.165, 1.54) is 25.7 Å². The van der Waals surface area contributed by atoms with Crippen molar-refractivity contribution in [2.45, 2.75) is 45.4 Å². The molecule has 0 radical (unpaired) electrons. The van der Waals surface area contributed by atoms with Crippen LogP contribution in [0, 0.1) is 5.92 Å². The lowest BCUT2D eigenvalue weighted by molar-refractivity contribution is -0.129. The van der Waals surface area contributed by atoms with E-state index in [4.69, 9.17) is 0 Å². The summed E-state index contributed by atoms with van der Waals surface area (Å²) in [6.45, 7) is 2.20. The highest BCUT2D eigenvalue weighted by Gasteiger charge is 2.26. The Labute approximate surface area is 62.8 Å². The zero-order chi connectivity index (χ0) is 7.40. The summed E-state index contributed by atoms with van der Waals surface area (Å²) >= 11 is 0. The number of rotatable bonds is 4. The van der Waals surface area contributed by atoms with Crippen LogP contribution in [0.5, 0.6) is 0 Å². The van der Waals surface area contributed by atoms with Gasteiger partial charge < -0.3 is 0 Å². The highest BCUT2D eigenvalue weighted by atomic mass is 16.1. The molecule has 0 aromatic heterocycles. The van der Waals surface area contributed by atoms with Crippen LogP contribution in [0.3, 0.4) is 0 Å². The first-order chi connectivity index (χ1) is 4.84. The Morgan fingerprint density at radius 2 is 2.30 bits per heavy atom. The molecule has 58 valence electrons. The van der Waals surface area contributed by atoms with Crippen LogP contribution >= 0.6 is 0 Å². The molecular formula is C9H16O. The SMILES string of the molecule is CCCCCC1CCC1=O. The number of hydrogen-bond acceptors (Lipinski definition) is 1. The van der Waals surface area contributed by atoms with Gasteiger partial charge in [-0.25, -0.2) is 0 Å². The first-order valence-electron chi connectivity index (χ1n) is 4.37. The summed E-state index contributed by atoms with van der Waals surface area (Å²) < 4.78 is 0. The lowest BCUT2D eigenvalue weighted by Crippen LogP contribution is -2.25. The third kappa shape index (κ3) is 1.83. The molecule has 1 nitrogen and oxygen atoms in total. The second-order valence-corrected chi connectivity index (χ2v) is 3.20. The Morgan fingerprint density at radius 1 is 1.50 bits per heavy atom. The Balaban J connectivity index is 1.98. The van der Waals surface area contributed by atoms with Crippen LogP contribution in [0.1, 0.15) is 45.4 Å². The van der Waals surface area contributed by atoms with Crippen molar-refractivity contribution < 1.29 is 4.79 Å². The average molecular weight is 140 g/mol. The molecule has 0 aliphatic heterocycles. The van der Waals surface area contributed by atoms with E-state index in [2.05, 4.69) is 6.92 Å². The molecule has 1 heteroatoms. The van der Waals surface area contributed by atoms with Crippen molar-refractivity contribution in [2.75, 3.05) is 0 Å². The van der Waals surface area contributed by atoms with Crippen molar-refractivity contribution >= 4 is 5.78 Å². The lowest BCUT2D eigenvalue weighted by atomic mass is 9.80. The molecule has 0 spiro atoms. The van der Waals surface area contributed by atoms with Crippen molar-refractivity contribution in [3.63, 3.8) is 0 Å². The van der Waals surface area contributed by atoms with Gasteiger partial charge in [0.15, 0.2) is 0 Å². The first kappa shape index (κ1) is 7.77. The van der Waals surface area contributed by atoms with E-state index in [1.807, 2.05) is 0 Å². The molecule has 1 aliphatic carbocycles. The highest BCUT2D eigenvalue weighted by Crippen LogP contribution is 2.27. The maximum atomic E-state index is 10.8. The molecule has 1 saturated carbocycles. The molecule has 0 aromatic rings. The Morgan fingerprint density at radius 3 is 2.70 bits per heavy atom. The largest absolute Gasteiger partial charge is 0.299 e. The number of carbonyl (C=O) groups excluding carboxylic acids is 1.